The van der Waals surface area contributed by atoms with Gasteiger partial charge in [0.2, 0.25) is 0 Å². The molecule has 2 rings (SSSR count). The third-order valence-corrected chi connectivity index (χ3v) is 3.99. The second-order valence-electron chi connectivity index (χ2n) is 4.34. The fraction of sp³-hybridized carbons (Fsp3) is 0.667. The van der Waals surface area contributed by atoms with Crippen molar-refractivity contribution in [1.82, 2.24) is 10.6 Å². The molecule has 2 heterocycles. The van der Waals surface area contributed by atoms with Crippen molar-refractivity contribution in [3.8, 4) is 0 Å². The Morgan fingerprint density at radius 2 is 2.20 bits per heavy atom. The van der Waals surface area contributed by atoms with Gasteiger partial charge in [-0.2, -0.15) is 0 Å². The summed E-state index contributed by atoms with van der Waals surface area (Å²) in [7, 11) is 0. The van der Waals surface area contributed by atoms with Crippen LogP contribution in [0.1, 0.15) is 22.6 Å². The largest absolute Gasteiger partial charge is 0.317 e. The molecule has 1 aliphatic rings. The topological polar surface area (TPSA) is 24.1 Å². The maximum absolute atomic E-state index is 3.57. The number of aryl methyl sites for hydroxylation is 1. The SMILES string of the molecule is Cc1ccc(CNCC2CCNCC2)s1. The zero-order valence-corrected chi connectivity index (χ0v) is 10.2. The molecule has 1 aromatic rings. The average molecular weight is 224 g/mol. The molecule has 0 aliphatic carbocycles. The number of thiophene rings is 1. The van der Waals surface area contributed by atoms with Gasteiger partial charge in [0.25, 0.3) is 0 Å². The van der Waals surface area contributed by atoms with Gasteiger partial charge in [0.1, 0.15) is 0 Å². The van der Waals surface area contributed by atoms with Crippen molar-refractivity contribution in [2.45, 2.75) is 26.3 Å². The highest BCUT2D eigenvalue weighted by Gasteiger charge is 2.11. The molecular formula is C12H20N2S. The molecule has 1 aromatic heterocycles. The Balaban J connectivity index is 1.65. The zero-order valence-electron chi connectivity index (χ0n) is 9.38. The first-order valence-corrected chi connectivity index (χ1v) is 6.63. The molecule has 0 atom stereocenters. The lowest BCUT2D eigenvalue weighted by atomic mass is 9.98. The van der Waals surface area contributed by atoms with Crippen LogP contribution in [-0.4, -0.2) is 19.6 Å². The summed E-state index contributed by atoms with van der Waals surface area (Å²) < 4.78 is 0. The van der Waals surface area contributed by atoms with Crippen molar-refractivity contribution >= 4 is 11.3 Å². The predicted octanol–water partition coefficient (Wildman–Crippen LogP) is 2.15. The van der Waals surface area contributed by atoms with Crippen LogP contribution in [-0.2, 0) is 6.54 Å². The van der Waals surface area contributed by atoms with Crippen molar-refractivity contribution in [1.29, 1.82) is 0 Å². The Bertz CT molecular complexity index is 290. The summed E-state index contributed by atoms with van der Waals surface area (Å²) in [6.07, 6.45) is 2.66. The number of nitrogens with one attached hydrogen (secondary N) is 2. The van der Waals surface area contributed by atoms with Gasteiger partial charge in [-0.3, -0.25) is 0 Å². The van der Waals surface area contributed by atoms with Gasteiger partial charge in [-0.15, -0.1) is 11.3 Å². The van der Waals surface area contributed by atoms with Crippen molar-refractivity contribution in [3.63, 3.8) is 0 Å². The molecule has 1 saturated heterocycles. The molecule has 15 heavy (non-hydrogen) atoms. The molecule has 2 nitrogen and oxygen atoms in total. The normalized spacial score (nSPS) is 18.2. The van der Waals surface area contributed by atoms with Crippen LogP contribution in [0.25, 0.3) is 0 Å². The summed E-state index contributed by atoms with van der Waals surface area (Å²) in [6.45, 7) is 6.79. The Labute approximate surface area is 96.1 Å². The van der Waals surface area contributed by atoms with Crippen LogP contribution in [0.5, 0.6) is 0 Å². The highest BCUT2D eigenvalue weighted by atomic mass is 32.1. The van der Waals surface area contributed by atoms with Crippen LogP contribution in [0.4, 0.5) is 0 Å². The summed E-state index contributed by atoms with van der Waals surface area (Å²) in [4.78, 5) is 2.87. The van der Waals surface area contributed by atoms with Crippen LogP contribution >= 0.6 is 11.3 Å². The van der Waals surface area contributed by atoms with Crippen LogP contribution in [0.2, 0.25) is 0 Å². The third-order valence-electron chi connectivity index (χ3n) is 2.99. The fourth-order valence-electron chi connectivity index (χ4n) is 2.07. The molecule has 0 saturated carbocycles. The summed E-state index contributed by atoms with van der Waals surface area (Å²) in [5.74, 6) is 0.882. The van der Waals surface area contributed by atoms with E-state index in [-0.39, 0.29) is 0 Å². The van der Waals surface area contributed by atoms with E-state index in [4.69, 9.17) is 0 Å². The van der Waals surface area contributed by atoms with E-state index in [0.717, 1.165) is 12.5 Å². The van der Waals surface area contributed by atoms with E-state index in [9.17, 15) is 0 Å². The molecule has 0 spiro atoms. The van der Waals surface area contributed by atoms with Gasteiger partial charge in [-0.05, 0) is 57.5 Å². The molecule has 2 N–H and O–H groups in total. The highest BCUT2D eigenvalue weighted by molar-refractivity contribution is 7.11. The van der Waals surface area contributed by atoms with E-state index >= 15 is 0 Å². The molecule has 0 radical (unpaired) electrons. The molecule has 1 fully saturated rings. The Morgan fingerprint density at radius 3 is 2.87 bits per heavy atom. The van der Waals surface area contributed by atoms with Gasteiger partial charge in [0, 0.05) is 16.3 Å². The molecule has 0 amide bonds. The molecular weight excluding hydrogens is 204 g/mol. The quantitative estimate of drug-likeness (QED) is 0.819. The number of rotatable bonds is 4. The first kappa shape index (κ1) is 11.1. The second-order valence-corrected chi connectivity index (χ2v) is 5.71. The number of hydrogen-bond acceptors (Lipinski definition) is 3. The van der Waals surface area contributed by atoms with Crippen molar-refractivity contribution in [2.75, 3.05) is 19.6 Å². The van der Waals surface area contributed by atoms with Crippen LogP contribution in [0, 0.1) is 12.8 Å². The Hall–Kier alpha value is -0.380. The second kappa shape index (κ2) is 5.64. The lowest BCUT2D eigenvalue weighted by Gasteiger charge is -2.22. The minimum atomic E-state index is 0.882. The van der Waals surface area contributed by atoms with Crippen molar-refractivity contribution in [2.24, 2.45) is 5.92 Å². The smallest absolute Gasteiger partial charge is 0.0299 e. The van der Waals surface area contributed by atoms with Gasteiger partial charge in [0.05, 0.1) is 0 Å². The lowest BCUT2D eigenvalue weighted by Crippen LogP contribution is -2.33. The van der Waals surface area contributed by atoms with E-state index in [1.165, 1.54) is 42.2 Å². The van der Waals surface area contributed by atoms with Crippen LogP contribution < -0.4 is 10.6 Å². The van der Waals surface area contributed by atoms with Crippen LogP contribution in [0.15, 0.2) is 12.1 Å². The summed E-state index contributed by atoms with van der Waals surface area (Å²) in [5.41, 5.74) is 0. The molecule has 0 unspecified atom stereocenters. The van der Waals surface area contributed by atoms with Gasteiger partial charge < -0.3 is 10.6 Å². The highest BCUT2D eigenvalue weighted by Crippen LogP contribution is 2.15. The van der Waals surface area contributed by atoms with E-state index in [1.807, 2.05) is 11.3 Å². The standard InChI is InChI=1S/C12H20N2S/c1-10-2-3-12(15-10)9-14-8-11-4-6-13-7-5-11/h2-3,11,13-14H,4-9H2,1H3. The zero-order chi connectivity index (χ0) is 10.5. The van der Waals surface area contributed by atoms with E-state index < -0.39 is 0 Å². The first-order chi connectivity index (χ1) is 7.34. The Morgan fingerprint density at radius 1 is 1.40 bits per heavy atom. The van der Waals surface area contributed by atoms with Crippen molar-refractivity contribution < 1.29 is 0 Å². The summed E-state index contributed by atoms with van der Waals surface area (Å²) in [6, 6.07) is 4.43. The van der Waals surface area contributed by atoms with Gasteiger partial charge >= 0.3 is 0 Å². The first-order valence-electron chi connectivity index (χ1n) is 5.81. The number of hydrogen-bond donors (Lipinski definition) is 2. The molecule has 3 heteroatoms. The van der Waals surface area contributed by atoms with Crippen LogP contribution in [0.3, 0.4) is 0 Å². The molecule has 0 aromatic carbocycles. The van der Waals surface area contributed by atoms with Gasteiger partial charge in [0.15, 0.2) is 0 Å². The van der Waals surface area contributed by atoms with Gasteiger partial charge in [-0.1, -0.05) is 0 Å². The summed E-state index contributed by atoms with van der Waals surface area (Å²) in [5, 5.41) is 6.97. The predicted molar refractivity (Wildman–Crippen MR) is 66.4 cm³/mol. The molecule has 1 aliphatic heterocycles. The maximum Gasteiger partial charge on any atom is 0.0299 e. The minimum Gasteiger partial charge on any atom is -0.317 e. The van der Waals surface area contributed by atoms with Gasteiger partial charge in [-0.25, -0.2) is 0 Å². The lowest BCUT2D eigenvalue weighted by molar-refractivity contribution is 0.357. The minimum absolute atomic E-state index is 0.882. The fourth-order valence-corrected chi connectivity index (χ4v) is 2.93. The van der Waals surface area contributed by atoms with Crippen molar-refractivity contribution in [3.05, 3.63) is 21.9 Å². The van der Waals surface area contributed by atoms with E-state index in [1.54, 1.807) is 0 Å². The monoisotopic (exact) mass is 224 g/mol. The molecule has 0 bridgehead atoms. The molecule has 84 valence electrons. The number of piperidine rings is 1. The van der Waals surface area contributed by atoms with E-state index in [0.29, 0.717) is 0 Å². The maximum atomic E-state index is 3.57. The third kappa shape index (κ3) is 3.59. The summed E-state index contributed by atoms with van der Waals surface area (Å²) >= 11 is 1.90. The average Bonchev–Trinajstić information content (AvgIpc) is 2.66. The Kier molecular flexibility index (Phi) is 4.18. The van der Waals surface area contributed by atoms with E-state index in [2.05, 4.69) is 29.7 Å².